The van der Waals surface area contributed by atoms with Gasteiger partial charge in [0.25, 0.3) is 0 Å². The Kier molecular flexibility index (Phi) is 4.47. The molecule has 0 spiro atoms. The number of carbonyl (C=O) groups is 1. The van der Waals surface area contributed by atoms with Crippen molar-refractivity contribution in [2.45, 2.75) is 33.2 Å². The molecule has 0 radical (unpaired) electrons. The van der Waals surface area contributed by atoms with Crippen LogP contribution < -0.4 is 0 Å². The van der Waals surface area contributed by atoms with Crippen LogP contribution in [0.25, 0.3) is 0 Å². The van der Waals surface area contributed by atoms with Crippen molar-refractivity contribution in [1.82, 2.24) is 14.8 Å². The minimum Gasteiger partial charge on any atom is -0.294 e. The summed E-state index contributed by atoms with van der Waals surface area (Å²) in [6.45, 7) is 4.81. The first kappa shape index (κ1) is 13.9. The number of rotatable bonds is 5. The molecule has 0 bridgehead atoms. The molecule has 1 heterocycles. The van der Waals surface area contributed by atoms with E-state index in [-0.39, 0.29) is 12.2 Å². The Labute approximate surface area is 121 Å². The van der Waals surface area contributed by atoms with E-state index in [9.17, 15) is 4.79 Å². The number of halogens is 1. The van der Waals surface area contributed by atoms with Gasteiger partial charge in [0.05, 0.1) is 6.42 Å². The van der Waals surface area contributed by atoms with E-state index >= 15 is 0 Å². The average molecular weight is 322 g/mol. The number of aryl methyl sites for hydroxylation is 2. The third kappa shape index (κ3) is 3.29. The summed E-state index contributed by atoms with van der Waals surface area (Å²) in [4.78, 5) is 16.5. The Morgan fingerprint density at radius 2 is 2.21 bits per heavy atom. The van der Waals surface area contributed by atoms with E-state index in [1.54, 1.807) is 4.68 Å². The van der Waals surface area contributed by atoms with Crippen molar-refractivity contribution in [2.75, 3.05) is 0 Å². The van der Waals surface area contributed by atoms with Crippen LogP contribution in [-0.4, -0.2) is 20.5 Å². The lowest BCUT2D eigenvalue weighted by Crippen LogP contribution is -2.12. The Bertz CT molecular complexity index is 592. The largest absolute Gasteiger partial charge is 0.294 e. The molecule has 0 N–H and O–H groups in total. The molecule has 0 atom stereocenters. The summed E-state index contributed by atoms with van der Waals surface area (Å²) in [5, 5.41) is 4.14. The first-order valence-corrected chi connectivity index (χ1v) is 7.07. The van der Waals surface area contributed by atoms with Gasteiger partial charge >= 0.3 is 0 Å². The second-order valence-corrected chi connectivity index (χ2v) is 5.37. The lowest BCUT2D eigenvalue weighted by Gasteiger charge is -2.07. The van der Waals surface area contributed by atoms with Crippen LogP contribution in [0.1, 0.15) is 35.1 Å². The first-order valence-electron chi connectivity index (χ1n) is 6.28. The maximum atomic E-state index is 12.3. The van der Waals surface area contributed by atoms with Crippen molar-refractivity contribution in [3.63, 3.8) is 0 Å². The topological polar surface area (TPSA) is 47.8 Å². The molecule has 4 nitrogen and oxygen atoms in total. The van der Waals surface area contributed by atoms with Crippen molar-refractivity contribution in [3.8, 4) is 0 Å². The Balaban J connectivity index is 2.21. The van der Waals surface area contributed by atoms with Crippen LogP contribution in [0.5, 0.6) is 0 Å². The minimum atomic E-state index is 0.0733. The van der Waals surface area contributed by atoms with Crippen LogP contribution in [0.3, 0.4) is 0 Å². The predicted octanol–water partition coefficient (Wildman–Crippen LogP) is 3.18. The van der Waals surface area contributed by atoms with Crippen LogP contribution in [0.15, 0.2) is 29.0 Å². The van der Waals surface area contributed by atoms with Gasteiger partial charge in [0.15, 0.2) is 5.78 Å². The van der Waals surface area contributed by atoms with Gasteiger partial charge < -0.3 is 0 Å². The Hall–Kier alpha value is -1.49. The minimum absolute atomic E-state index is 0.0733. The zero-order chi connectivity index (χ0) is 13.8. The normalized spacial score (nSPS) is 10.7. The molecule has 19 heavy (non-hydrogen) atoms. The predicted molar refractivity (Wildman–Crippen MR) is 77.2 cm³/mol. The molecule has 2 rings (SSSR count). The summed E-state index contributed by atoms with van der Waals surface area (Å²) in [7, 11) is 0. The molecule has 1 aromatic heterocycles. The van der Waals surface area contributed by atoms with Crippen molar-refractivity contribution >= 4 is 21.7 Å². The number of aromatic nitrogens is 3. The van der Waals surface area contributed by atoms with Crippen LogP contribution in [0, 0.1) is 6.92 Å². The summed E-state index contributed by atoms with van der Waals surface area (Å²) < 4.78 is 2.71. The summed E-state index contributed by atoms with van der Waals surface area (Å²) in [5.74, 6) is 0.801. The fourth-order valence-electron chi connectivity index (χ4n) is 1.96. The number of hydrogen-bond donors (Lipinski definition) is 0. The first-order chi connectivity index (χ1) is 9.11. The van der Waals surface area contributed by atoms with E-state index in [0.717, 1.165) is 34.4 Å². The highest BCUT2D eigenvalue weighted by molar-refractivity contribution is 9.10. The fourth-order valence-corrected chi connectivity index (χ4v) is 2.32. The molecule has 0 saturated heterocycles. The maximum Gasteiger partial charge on any atom is 0.170 e. The number of Topliss-reactive ketones (excluding diaryl/α,β-unsaturated/α-hetero) is 1. The Morgan fingerprint density at radius 3 is 2.95 bits per heavy atom. The van der Waals surface area contributed by atoms with Crippen molar-refractivity contribution in [1.29, 1.82) is 0 Å². The Morgan fingerprint density at radius 1 is 1.42 bits per heavy atom. The third-order valence-electron chi connectivity index (χ3n) is 2.95. The number of hydrogen-bond acceptors (Lipinski definition) is 3. The standard InChI is InChI=1S/C14H16BrN3O/c1-3-6-18-14(16-9-17-18)8-13(19)12-7-11(15)5-4-10(12)2/h4-5,7,9H,3,6,8H2,1-2H3. The van der Waals surface area contributed by atoms with Crippen LogP contribution in [0.2, 0.25) is 0 Å². The van der Waals surface area contributed by atoms with Gasteiger partial charge in [-0.3, -0.25) is 4.79 Å². The van der Waals surface area contributed by atoms with Gasteiger partial charge in [-0.1, -0.05) is 28.9 Å². The lowest BCUT2D eigenvalue weighted by molar-refractivity contribution is 0.0988. The van der Waals surface area contributed by atoms with Gasteiger partial charge in [-0.05, 0) is 31.0 Å². The highest BCUT2D eigenvalue weighted by atomic mass is 79.9. The summed E-state index contributed by atoms with van der Waals surface area (Å²) in [6.07, 6.45) is 2.77. The molecule has 0 unspecified atom stereocenters. The summed E-state index contributed by atoms with van der Waals surface area (Å²) in [6, 6.07) is 5.73. The summed E-state index contributed by atoms with van der Waals surface area (Å²) >= 11 is 3.40. The van der Waals surface area contributed by atoms with Gasteiger partial charge in [0.2, 0.25) is 0 Å². The van der Waals surface area contributed by atoms with E-state index in [0.29, 0.717) is 0 Å². The molecule has 100 valence electrons. The molecule has 0 fully saturated rings. The molecule has 1 aromatic carbocycles. The van der Waals surface area contributed by atoms with E-state index in [4.69, 9.17) is 0 Å². The molecule has 0 aliphatic rings. The molecule has 0 aliphatic carbocycles. The maximum absolute atomic E-state index is 12.3. The van der Waals surface area contributed by atoms with E-state index < -0.39 is 0 Å². The average Bonchev–Trinajstić information content (AvgIpc) is 2.80. The number of benzene rings is 1. The molecular formula is C14H16BrN3O. The lowest BCUT2D eigenvalue weighted by atomic mass is 10.0. The van der Waals surface area contributed by atoms with E-state index in [2.05, 4.69) is 32.9 Å². The molecule has 0 aliphatic heterocycles. The highest BCUT2D eigenvalue weighted by Gasteiger charge is 2.14. The van der Waals surface area contributed by atoms with E-state index in [1.807, 2.05) is 25.1 Å². The molecule has 0 saturated carbocycles. The monoisotopic (exact) mass is 321 g/mol. The zero-order valence-electron chi connectivity index (χ0n) is 11.1. The van der Waals surface area contributed by atoms with Gasteiger partial charge in [-0.2, -0.15) is 5.10 Å². The van der Waals surface area contributed by atoms with Crippen molar-refractivity contribution in [2.24, 2.45) is 0 Å². The highest BCUT2D eigenvalue weighted by Crippen LogP contribution is 2.17. The molecular weight excluding hydrogens is 306 g/mol. The molecule has 2 aromatic rings. The van der Waals surface area contributed by atoms with Gasteiger partial charge in [0.1, 0.15) is 12.2 Å². The van der Waals surface area contributed by atoms with Crippen LogP contribution in [-0.2, 0) is 13.0 Å². The SMILES string of the molecule is CCCn1ncnc1CC(=O)c1cc(Br)ccc1C. The third-order valence-corrected chi connectivity index (χ3v) is 3.44. The number of ketones is 1. The second-order valence-electron chi connectivity index (χ2n) is 4.46. The number of nitrogens with zero attached hydrogens (tertiary/aromatic N) is 3. The van der Waals surface area contributed by atoms with Gasteiger partial charge in [0, 0.05) is 16.6 Å². The van der Waals surface area contributed by atoms with E-state index in [1.165, 1.54) is 6.33 Å². The van der Waals surface area contributed by atoms with Crippen molar-refractivity contribution in [3.05, 3.63) is 46.0 Å². The molecule has 0 amide bonds. The summed E-state index contributed by atoms with van der Waals surface area (Å²) in [5.41, 5.74) is 1.72. The number of carbonyl (C=O) groups excluding carboxylic acids is 1. The van der Waals surface area contributed by atoms with Crippen molar-refractivity contribution < 1.29 is 4.79 Å². The van der Waals surface area contributed by atoms with Crippen LogP contribution in [0.4, 0.5) is 0 Å². The quantitative estimate of drug-likeness (QED) is 0.794. The smallest absolute Gasteiger partial charge is 0.170 e. The van der Waals surface area contributed by atoms with Crippen LogP contribution >= 0.6 is 15.9 Å². The zero-order valence-corrected chi connectivity index (χ0v) is 12.6. The second kappa shape index (κ2) is 6.10. The fraction of sp³-hybridized carbons (Fsp3) is 0.357. The molecule has 5 heteroatoms. The van der Waals surface area contributed by atoms with Gasteiger partial charge in [-0.25, -0.2) is 9.67 Å². The van der Waals surface area contributed by atoms with Gasteiger partial charge in [-0.15, -0.1) is 0 Å².